The molecule has 3 nitrogen and oxygen atoms in total. The Morgan fingerprint density at radius 3 is 2.25 bits per heavy atom. The molecule has 0 saturated carbocycles. The molecular formula is C5H8F3NO2S. The molecule has 0 aromatic heterocycles. The van der Waals surface area contributed by atoms with Crippen LogP contribution in [0.15, 0.2) is 0 Å². The van der Waals surface area contributed by atoms with Crippen molar-refractivity contribution in [3.63, 3.8) is 0 Å². The van der Waals surface area contributed by atoms with Crippen LogP contribution in [-0.4, -0.2) is 28.4 Å². The van der Waals surface area contributed by atoms with Gasteiger partial charge in [0.25, 0.3) is 11.0 Å². The third-order valence-electron chi connectivity index (χ3n) is 1.12. The van der Waals surface area contributed by atoms with Gasteiger partial charge < -0.3 is 5.11 Å². The number of carbonyl (C=O) groups is 1. The SMILES string of the molecule is CSC(F)(F)CC(N)(F)C(=O)O. The molecule has 0 spiro atoms. The fraction of sp³-hybridized carbons (Fsp3) is 0.800. The molecule has 0 heterocycles. The van der Waals surface area contributed by atoms with Crippen LogP contribution in [0.25, 0.3) is 0 Å². The predicted octanol–water partition coefficient (Wildman–Crippen LogP) is 1.04. The second-order valence-electron chi connectivity index (χ2n) is 2.19. The van der Waals surface area contributed by atoms with E-state index in [1.807, 2.05) is 0 Å². The Balaban J connectivity index is 4.34. The first-order valence-electron chi connectivity index (χ1n) is 2.85. The van der Waals surface area contributed by atoms with Crippen molar-refractivity contribution in [1.82, 2.24) is 0 Å². The van der Waals surface area contributed by atoms with Gasteiger partial charge in [-0.3, -0.25) is 5.73 Å². The highest BCUT2D eigenvalue weighted by Gasteiger charge is 2.45. The zero-order valence-electron chi connectivity index (χ0n) is 6.18. The lowest BCUT2D eigenvalue weighted by molar-refractivity contribution is -0.154. The summed E-state index contributed by atoms with van der Waals surface area (Å²) in [6.45, 7) is 0. The minimum Gasteiger partial charge on any atom is -0.478 e. The van der Waals surface area contributed by atoms with Crippen LogP contribution in [0.3, 0.4) is 0 Å². The topological polar surface area (TPSA) is 63.3 Å². The second kappa shape index (κ2) is 3.53. The van der Waals surface area contributed by atoms with Crippen molar-refractivity contribution < 1.29 is 23.1 Å². The number of hydrogen-bond acceptors (Lipinski definition) is 3. The molecule has 0 aliphatic rings. The van der Waals surface area contributed by atoms with Gasteiger partial charge in [-0.15, -0.1) is 0 Å². The van der Waals surface area contributed by atoms with Crippen LogP contribution < -0.4 is 5.73 Å². The van der Waals surface area contributed by atoms with Gasteiger partial charge >= 0.3 is 5.97 Å². The summed E-state index contributed by atoms with van der Waals surface area (Å²) in [5.41, 5.74) is 4.46. The van der Waals surface area contributed by atoms with Crippen molar-refractivity contribution in [2.45, 2.75) is 17.5 Å². The molecule has 0 amide bonds. The number of thioether (sulfide) groups is 1. The predicted molar refractivity (Wildman–Crippen MR) is 38.7 cm³/mol. The largest absolute Gasteiger partial charge is 0.478 e. The van der Waals surface area contributed by atoms with E-state index in [0.717, 1.165) is 6.26 Å². The molecule has 1 unspecified atom stereocenters. The van der Waals surface area contributed by atoms with Gasteiger partial charge in [0, 0.05) is 0 Å². The van der Waals surface area contributed by atoms with Crippen molar-refractivity contribution in [3.05, 3.63) is 0 Å². The Bertz CT molecular complexity index is 186. The molecule has 0 fully saturated rings. The summed E-state index contributed by atoms with van der Waals surface area (Å²) >= 11 is 0.0547. The highest BCUT2D eigenvalue weighted by Crippen LogP contribution is 2.34. The first-order valence-corrected chi connectivity index (χ1v) is 4.08. The first-order chi connectivity index (χ1) is 5.21. The molecule has 7 heteroatoms. The third-order valence-corrected chi connectivity index (χ3v) is 1.86. The Hall–Kier alpha value is -0.430. The molecule has 12 heavy (non-hydrogen) atoms. The summed E-state index contributed by atoms with van der Waals surface area (Å²) in [6.07, 6.45) is -0.492. The Kier molecular flexibility index (Phi) is 3.40. The summed E-state index contributed by atoms with van der Waals surface area (Å²) in [7, 11) is 0. The average molecular weight is 203 g/mol. The smallest absolute Gasteiger partial charge is 0.356 e. The summed E-state index contributed by atoms with van der Waals surface area (Å²) in [4.78, 5) is 9.97. The van der Waals surface area contributed by atoms with Crippen molar-refractivity contribution >= 4 is 17.7 Å². The van der Waals surface area contributed by atoms with Crippen LogP contribution in [-0.2, 0) is 4.79 Å². The maximum Gasteiger partial charge on any atom is 0.356 e. The van der Waals surface area contributed by atoms with E-state index in [0.29, 0.717) is 0 Å². The van der Waals surface area contributed by atoms with Crippen molar-refractivity contribution in [1.29, 1.82) is 0 Å². The van der Waals surface area contributed by atoms with Crippen LogP contribution >= 0.6 is 11.8 Å². The first kappa shape index (κ1) is 11.6. The normalized spacial score (nSPS) is 17.1. The molecule has 0 aromatic rings. The molecule has 0 aliphatic carbocycles. The minimum absolute atomic E-state index is 0.0547. The number of nitrogens with two attached hydrogens (primary N) is 1. The number of carboxylic acid groups (broad SMARTS) is 1. The lowest BCUT2D eigenvalue weighted by atomic mass is 10.2. The second-order valence-corrected chi connectivity index (χ2v) is 3.19. The van der Waals surface area contributed by atoms with Crippen LogP contribution in [0.2, 0.25) is 0 Å². The summed E-state index contributed by atoms with van der Waals surface area (Å²) < 4.78 is 37.4. The van der Waals surface area contributed by atoms with E-state index >= 15 is 0 Å². The number of hydrogen-bond donors (Lipinski definition) is 2. The van der Waals surface area contributed by atoms with E-state index in [9.17, 15) is 18.0 Å². The summed E-state index contributed by atoms with van der Waals surface area (Å²) in [5, 5.41) is 4.60. The van der Waals surface area contributed by atoms with Crippen molar-refractivity contribution in [2.75, 3.05) is 6.26 Å². The minimum atomic E-state index is -3.46. The lowest BCUT2D eigenvalue weighted by Crippen LogP contribution is -2.47. The van der Waals surface area contributed by atoms with E-state index < -0.39 is 23.4 Å². The van der Waals surface area contributed by atoms with Crippen molar-refractivity contribution in [3.8, 4) is 0 Å². The van der Waals surface area contributed by atoms with E-state index in [4.69, 9.17) is 5.11 Å². The van der Waals surface area contributed by atoms with Gasteiger partial charge in [0.15, 0.2) is 0 Å². The number of alkyl halides is 3. The molecule has 1 atom stereocenters. The molecule has 0 radical (unpaired) electrons. The monoisotopic (exact) mass is 203 g/mol. The van der Waals surface area contributed by atoms with Crippen LogP contribution in [0.5, 0.6) is 0 Å². The highest BCUT2D eigenvalue weighted by atomic mass is 32.2. The third kappa shape index (κ3) is 3.31. The van der Waals surface area contributed by atoms with Gasteiger partial charge in [-0.25, -0.2) is 9.18 Å². The molecule has 0 aliphatic heterocycles. The maximum atomic E-state index is 12.6. The van der Waals surface area contributed by atoms with E-state index in [1.54, 1.807) is 0 Å². The fourth-order valence-electron chi connectivity index (χ4n) is 0.447. The fourth-order valence-corrected chi connectivity index (χ4v) is 0.802. The highest BCUT2D eigenvalue weighted by molar-refractivity contribution is 7.99. The van der Waals surface area contributed by atoms with Crippen LogP contribution in [0.4, 0.5) is 13.2 Å². The molecule has 0 saturated heterocycles. The molecular weight excluding hydrogens is 195 g/mol. The van der Waals surface area contributed by atoms with Crippen molar-refractivity contribution in [2.24, 2.45) is 5.73 Å². The zero-order chi connectivity index (χ0) is 9.99. The van der Waals surface area contributed by atoms with Gasteiger partial charge in [0.2, 0.25) is 0 Å². The Labute approximate surface area is 71.1 Å². The Morgan fingerprint density at radius 2 is 2.00 bits per heavy atom. The van der Waals surface area contributed by atoms with E-state index in [2.05, 4.69) is 5.73 Å². The number of rotatable bonds is 4. The molecule has 0 bridgehead atoms. The zero-order valence-corrected chi connectivity index (χ0v) is 7.00. The van der Waals surface area contributed by atoms with Gasteiger partial charge in [-0.05, 0) is 6.26 Å². The summed E-state index contributed by atoms with van der Waals surface area (Å²) in [5.74, 6) is -5.46. The van der Waals surface area contributed by atoms with Gasteiger partial charge in [0.05, 0.1) is 6.42 Å². The molecule has 0 rings (SSSR count). The number of aliphatic carboxylic acids is 1. The van der Waals surface area contributed by atoms with E-state index in [1.165, 1.54) is 0 Å². The standard InChI is InChI=1S/C5H8F3NO2S/c1-12-5(7,8)2-4(6,9)3(10)11/h2,9H2,1H3,(H,10,11). The van der Waals surface area contributed by atoms with Gasteiger partial charge in [-0.1, -0.05) is 11.8 Å². The molecule has 0 aromatic carbocycles. The quantitative estimate of drug-likeness (QED) is 0.670. The molecule has 3 N–H and O–H groups in total. The lowest BCUT2D eigenvalue weighted by Gasteiger charge is -2.20. The van der Waals surface area contributed by atoms with Gasteiger partial charge in [0.1, 0.15) is 0 Å². The molecule has 72 valence electrons. The van der Waals surface area contributed by atoms with Crippen LogP contribution in [0.1, 0.15) is 6.42 Å². The van der Waals surface area contributed by atoms with Crippen LogP contribution in [0, 0.1) is 0 Å². The summed E-state index contributed by atoms with van der Waals surface area (Å²) in [6, 6.07) is 0. The van der Waals surface area contributed by atoms with E-state index in [-0.39, 0.29) is 11.8 Å². The number of carboxylic acids is 1. The maximum absolute atomic E-state index is 12.6. The number of halogens is 3. The van der Waals surface area contributed by atoms with Gasteiger partial charge in [-0.2, -0.15) is 8.78 Å². The average Bonchev–Trinajstić information content (AvgIpc) is 1.85. The Morgan fingerprint density at radius 1 is 1.58 bits per heavy atom.